The molecule has 0 aromatic heterocycles. The summed E-state index contributed by atoms with van der Waals surface area (Å²) in [5.74, 6) is -0.117. The molecule has 82 valence electrons. The Labute approximate surface area is 96.8 Å². The van der Waals surface area contributed by atoms with Crippen LogP contribution >= 0.6 is 15.9 Å². The first-order chi connectivity index (χ1) is 7.13. The van der Waals surface area contributed by atoms with Gasteiger partial charge >= 0.3 is 0 Å². The number of likely N-dealkylation sites (N-methyl/N-ethyl adjacent to an activating group) is 1. The number of carbonyl (C=O) groups is 1. The van der Waals surface area contributed by atoms with Gasteiger partial charge in [0.15, 0.2) is 0 Å². The Kier molecular flexibility index (Phi) is 4.58. The first kappa shape index (κ1) is 12.0. The Morgan fingerprint density at radius 3 is 2.93 bits per heavy atom. The molecule has 1 amide bonds. The lowest BCUT2D eigenvalue weighted by molar-refractivity contribution is -0.115. The van der Waals surface area contributed by atoms with Crippen molar-refractivity contribution in [1.29, 1.82) is 0 Å². The lowest BCUT2D eigenvalue weighted by atomic mass is 10.3. The third kappa shape index (κ3) is 3.89. The molecule has 0 fully saturated rings. The van der Waals surface area contributed by atoms with E-state index in [4.69, 9.17) is 0 Å². The Morgan fingerprint density at radius 1 is 1.53 bits per heavy atom. The standard InChI is InChI=1S/C10H13BrN2O2/c1-2-12-6-10(15)13-8-5-7(11)3-4-9(8)14/h3-5,12,14H,2,6H2,1H3,(H,13,15). The zero-order valence-corrected chi connectivity index (χ0v) is 9.97. The largest absolute Gasteiger partial charge is 0.506 e. The Hall–Kier alpha value is -1.07. The van der Waals surface area contributed by atoms with Crippen LogP contribution in [0.2, 0.25) is 0 Å². The highest BCUT2D eigenvalue weighted by atomic mass is 79.9. The number of nitrogens with one attached hydrogen (secondary N) is 2. The van der Waals surface area contributed by atoms with E-state index in [-0.39, 0.29) is 18.2 Å². The van der Waals surface area contributed by atoms with Crippen molar-refractivity contribution >= 4 is 27.5 Å². The summed E-state index contributed by atoms with van der Waals surface area (Å²) in [6.45, 7) is 2.89. The molecule has 0 aliphatic heterocycles. The summed E-state index contributed by atoms with van der Waals surface area (Å²) in [4.78, 5) is 11.3. The Balaban J connectivity index is 2.63. The molecule has 0 bridgehead atoms. The summed E-state index contributed by atoms with van der Waals surface area (Å²) in [7, 11) is 0. The maximum absolute atomic E-state index is 11.3. The van der Waals surface area contributed by atoms with Crippen molar-refractivity contribution in [3.8, 4) is 5.75 Å². The number of hydrogen-bond acceptors (Lipinski definition) is 3. The van der Waals surface area contributed by atoms with Crippen molar-refractivity contribution in [2.75, 3.05) is 18.4 Å². The molecule has 4 nitrogen and oxygen atoms in total. The van der Waals surface area contributed by atoms with Crippen molar-refractivity contribution in [2.24, 2.45) is 0 Å². The van der Waals surface area contributed by atoms with Crippen molar-refractivity contribution in [3.05, 3.63) is 22.7 Å². The molecule has 3 N–H and O–H groups in total. The number of hydrogen-bond donors (Lipinski definition) is 3. The molecule has 0 aliphatic carbocycles. The number of anilines is 1. The lowest BCUT2D eigenvalue weighted by Crippen LogP contribution is -2.27. The summed E-state index contributed by atoms with van der Waals surface area (Å²) in [6, 6.07) is 4.88. The highest BCUT2D eigenvalue weighted by Crippen LogP contribution is 2.26. The fourth-order valence-electron chi connectivity index (χ4n) is 1.04. The average Bonchev–Trinajstić information content (AvgIpc) is 2.20. The van der Waals surface area contributed by atoms with Crippen molar-refractivity contribution < 1.29 is 9.90 Å². The van der Waals surface area contributed by atoms with Crippen LogP contribution in [0.1, 0.15) is 6.92 Å². The van der Waals surface area contributed by atoms with Crippen LogP contribution in [0.4, 0.5) is 5.69 Å². The second-order valence-corrected chi connectivity index (χ2v) is 3.91. The molecule has 0 spiro atoms. The summed E-state index contributed by atoms with van der Waals surface area (Å²) < 4.78 is 0.805. The minimum absolute atomic E-state index is 0.0584. The van der Waals surface area contributed by atoms with Gasteiger partial charge in [-0.05, 0) is 24.7 Å². The van der Waals surface area contributed by atoms with E-state index in [0.29, 0.717) is 5.69 Å². The monoisotopic (exact) mass is 272 g/mol. The summed E-state index contributed by atoms with van der Waals surface area (Å²) >= 11 is 3.26. The second kappa shape index (κ2) is 5.72. The summed E-state index contributed by atoms with van der Waals surface area (Å²) in [5.41, 5.74) is 0.410. The van der Waals surface area contributed by atoms with Crippen LogP contribution in [-0.2, 0) is 4.79 Å². The fraction of sp³-hybridized carbons (Fsp3) is 0.300. The van der Waals surface area contributed by atoms with Crippen molar-refractivity contribution in [2.45, 2.75) is 6.92 Å². The predicted molar refractivity (Wildman–Crippen MR) is 63.0 cm³/mol. The van der Waals surface area contributed by atoms with Gasteiger partial charge in [-0.2, -0.15) is 0 Å². The maximum Gasteiger partial charge on any atom is 0.238 e. The first-order valence-corrected chi connectivity index (χ1v) is 5.42. The topological polar surface area (TPSA) is 61.4 Å². The predicted octanol–water partition coefficient (Wildman–Crippen LogP) is 1.70. The number of phenolic OH excluding ortho intramolecular Hbond substituents is 1. The normalized spacial score (nSPS) is 10.0. The number of benzene rings is 1. The molecule has 1 aromatic rings. The molecule has 0 saturated heterocycles. The van der Waals surface area contributed by atoms with Gasteiger partial charge in [-0.15, -0.1) is 0 Å². The molecule has 0 radical (unpaired) electrons. The van der Waals surface area contributed by atoms with Gasteiger partial charge < -0.3 is 15.7 Å². The molecule has 15 heavy (non-hydrogen) atoms. The number of aromatic hydroxyl groups is 1. The van der Waals surface area contributed by atoms with E-state index in [1.807, 2.05) is 6.92 Å². The van der Waals surface area contributed by atoms with E-state index in [1.165, 1.54) is 6.07 Å². The van der Waals surface area contributed by atoms with Gasteiger partial charge in [0.25, 0.3) is 0 Å². The van der Waals surface area contributed by atoms with Crippen LogP contribution in [-0.4, -0.2) is 24.1 Å². The van der Waals surface area contributed by atoms with Gasteiger partial charge in [-0.25, -0.2) is 0 Å². The van der Waals surface area contributed by atoms with E-state index < -0.39 is 0 Å². The van der Waals surface area contributed by atoms with E-state index >= 15 is 0 Å². The second-order valence-electron chi connectivity index (χ2n) is 2.99. The molecular weight excluding hydrogens is 260 g/mol. The van der Waals surface area contributed by atoms with E-state index in [2.05, 4.69) is 26.6 Å². The van der Waals surface area contributed by atoms with E-state index in [0.717, 1.165) is 11.0 Å². The van der Waals surface area contributed by atoms with Crippen LogP contribution in [0.15, 0.2) is 22.7 Å². The minimum Gasteiger partial charge on any atom is -0.506 e. The van der Waals surface area contributed by atoms with Crippen molar-refractivity contribution in [3.63, 3.8) is 0 Å². The molecular formula is C10H13BrN2O2. The summed E-state index contributed by atoms with van der Waals surface area (Å²) in [6.07, 6.45) is 0. The van der Waals surface area contributed by atoms with Crippen LogP contribution in [0, 0.1) is 0 Å². The minimum atomic E-state index is -0.176. The third-order valence-electron chi connectivity index (χ3n) is 1.77. The first-order valence-electron chi connectivity index (χ1n) is 4.62. The highest BCUT2D eigenvalue weighted by Gasteiger charge is 2.05. The molecule has 0 saturated carbocycles. The molecule has 0 unspecified atom stereocenters. The highest BCUT2D eigenvalue weighted by molar-refractivity contribution is 9.10. The number of phenols is 1. The van der Waals surface area contributed by atoms with Gasteiger partial charge in [0.1, 0.15) is 5.75 Å². The fourth-order valence-corrected chi connectivity index (χ4v) is 1.40. The quantitative estimate of drug-likeness (QED) is 0.732. The summed E-state index contributed by atoms with van der Waals surface area (Å²) in [5, 5.41) is 15.0. The zero-order valence-electron chi connectivity index (χ0n) is 8.38. The van der Waals surface area contributed by atoms with Gasteiger partial charge in [0.2, 0.25) is 5.91 Å². The number of halogens is 1. The Bertz CT molecular complexity index is 355. The van der Waals surface area contributed by atoms with Crippen LogP contribution in [0.25, 0.3) is 0 Å². The van der Waals surface area contributed by atoms with E-state index in [9.17, 15) is 9.90 Å². The average molecular weight is 273 g/mol. The van der Waals surface area contributed by atoms with Crippen LogP contribution in [0.5, 0.6) is 5.75 Å². The van der Waals surface area contributed by atoms with Gasteiger partial charge in [-0.1, -0.05) is 22.9 Å². The molecule has 1 aromatic carbocycles. The third-order valence-corrected chi connectivity index (χ3v) is 2.26. The van der Waals surface area contributed by atoms with Crippen molar-refractivity contribution in [1.82, 2.24) is 5.32 Å². The SMILES string of the molecule is CCNCC(=O)Nc1cc(Br)ccc1O. The van der Waals surface area contributed by atoms with Crippen LogP contribution in [0.3, 0.4) is 0 Å². The molecule has 0 heterocycles. The lowest BCUT2D eigenvalue weighted by Gasteiger charge is -2.07. The zero-order chi connectivity index (χ0) is 11.3. The number of carbonyl (C=O) groups excluding carboxylic acids is 1. The molecule has 5 heteroatoms. The molecule has 1 rings (SSSR count). The molecule has 0 aliphatic rings. The van der Waals surface area contributed by atoms with Gasteiger partial charge in [0.05, 0.1) is 12.2 Å². The smallest absolute Gasteiger partial charge is 0.238 e. The molecule has 0 atom stereocenters. The Morgan fingerprint density at radius 2 is 2.27 bits per heavy atom. The van der Waals surface area contributed by atoms with E-state index in [1.54, 1.807) is 12.1 Å². The van der Waals surface area contributed by atoms with Crippen LogP contribution < -0.4 is 10.6 Å². The van der Waals surface area contributed by atoms with Gasteiger partial charge in [0, 0.05) is 4.47 Å². The van der Waals surface area contributed by atoms with Gasteiger partial charge in [-0.3, -0.25) is 4.79 Å². The number of amides is 1. The maximum atomic E-state index is 11.3. The number of rotatable bonds is 4.